The van der Waals surface area contributed by atoms with Gasteiger partial charge in [0.25, 0.3) is 0 Å². The number of likely N-dealkylation sites (tertiary alicyclic amines) is 1. The molecule has 6 nitrogen and oxygen atoms in total. The van der Waals surface area contributed by atoms with Crippen LogP contribution in [0.5, 0.6) is 0 Å². The van der Waals surface area contributed by atoms with Gasteiger partial charge in [-0.15, -0.1) is 0 Å². The third-order valence-electron chi connectivity index (χ3n) is 3.97. The summed E-state index contributed by atoms with van der Waals surface area (Å²) in [5.41, 5.74) is 0.820. The van der Waals surface area contributed by atoms with Gasteiger partial charge in [0.05, 0.1) is 0 Å². The maximum Gasteiger partial charge on any atom is 0.248 e. The number of anilines is 1. The Morgan fingerprint density at radius 1 is 1.26 bits per heavy atom. The highest BCUT2D eigenvalue weighted by Crippen LogP contribution is 2.21. The Morgan fingerprint density at radius 2 is 1.96 bits per heavy atom. The number of nitrogens with zero attached hydrogens (tertiary/aromatic N) is 3. The summed E-state index contributed by atoms with van der Waals surface area (Å²) in [5.74, 6) is 1.18. The average Bonchev–Trinajstić information content (AvgIpc) is 2.94. The van der Waals surface area contributed by atoms with Crippen molar-refractivity contribution in [1.82, 2.24) is 14.9 Å². The lowest BCUT2D eigenvalue weighted by Crippen LogP contribution is -2.44. The quantitative estimate of drug-likeness (QED) is 0.925. The van der Waals surface area contributed by atoms with Gasteiger partial charge in [0.1, 0.15) is 17.7 Å². The van der Waals surface area contributed by atoms with E-state index in [0.717, 1.165) is 12.1 Å². The van der Waals surface area contributed by atoms with Gasteiger partial charge < -0.3 is 10.2 Å². The lowest BCUT2D eigenvalue weighted by Gasteiger charge is -2.25. The molecule has 1 aliphatic heterocycles. The minimum atomic E-state index is -0.400. The molecule has 0 aromatic carbocycles. The largest absolute Gasteiger partial charge is 0.330 e. The molecule has 2 amide bonds. The number of rotatable bonds is 4. The zero-order valence-corrected chi connectivity index (χ0v) is 14.6. The van der Waals surface area contributed by atoms with E-state index in [-0.39, 0.29) is 23.7 Å². The smallest absolute Gasteiger partial charge is 0.248 e. The van der Waals surface area contributed by atoms with E-state index in [0.29, 0.717) is 24.6 Å². The van der Waals surface area contributed by atoms with Crippen molar-refractivity contribution < 1.29 is 9.59 Å². The Balaban J connectivity index is 2.14. The van der Waals surface area contributed by atoms with Crippen LogP contribution in [0.1, 0.15) is 58.0 Å². The SMILES string of the molecule is Cc1cc(NC(=O)[C@@H]2CCCN2C(=O)C(C)C)nc(C(C)C)n1. The monoisotopic (exact) mass is 318 g/mol. The lowest BCUT2D eigenvalue weighted by atomic mass is 10.1. The summed E-state index contributed by atoms with van der Waals surface area (Å²) >= 11 is 0. The van der Waals surface area contributed by atoms with Gasteiger partial charge in [-0.3, -0.25) is 9.59 Å². The number of hydrogen-bond donors (Lipinski definition) is 1. The number of carbonyl (C=O) groups excluding carboxylic acids is 2. The first-order chi connectivity index (χ1) is 10.8. The number of hydrogen-bond acceptors (Lipinski definition) is 4. The van der Waals surface area contributed by atoms with Crippen LogP contribution < -0.4 is 5.32 Å². The molecule has 2 rings (SSSR count). The Labute approximate surface area is 137 Å². The zero-order valence-electron chi connectivity index (χ0n) is 14.6. The van der Waals surface area contributed by atoms with Crippen LogP contribution in [-0.2, 0) is 9.59 Å². The highest BCUT2D eigenvalue weighted by atomic mass is 16.2. The molecule has 23 heavy (non-hydrogen) atoms. The number of carbonyl (C=O) groups is 2. The second kappa shape index (κ2) is 7.06. The van der Waals surface area contributed by atoms with Crippen LogP contribution in [0.2, 0.25) is 0 Å². The fourth-order valence-corrected chi connectivity index (χ4v) is 2.76. The van der Waals surface area contributed by atoms with Crippen molar-refractivity contribution in [2.75, 3.05) is 11.9 Å². The normalized spacial score (nSPS) is 17.9. The first kappa shape index (κ1) is 17.4. The van der Waals surface area contributed by atoms with Gasteiger partial charge in [-0.05, 0) is 19.8 Å². The molecule has 6 heteroatoms. The van der Waals surface area contributed by atoms with Crippen LogP contribution in [0.15, 0.2) is 6.07 Å². The van der Waals surface area contributed by atoms with Crippen LogP contribution in [0, 0.1) is 12.8 Å². The third kappa shape index (κ3) is 4.06. The molecule has 0 unspecified atom stereocenters. The van der Waals surface area contributed by atoms with Crippen molar-refractivity contribution in [1.29, 1.82) is 0 Å². The van der Waals surface area contributed by atoms with E-state index in [1.165, 1.54) is 0 Å². The summed E-state index contributed by atoms with van der Waals surface area (Å²) in [7, 11) is 0. The summed E-state index contributed by atoms with van der Waals surface area (Å²) in [5, 5.41) is 2.86. The second-order valence-electron chi connectivity index (χ2n) is 6.74. The van der Waals surface area contributed by atoms with Crippen molar-refractivity contribution >= 4 is 17.6 Å². The molecule has 1 N–H and O–H groups in total. The summed E-state index contributed by atoms with van der Waals surface area (Å²) < 4.78 is 0. The fraction of sp³-hybridized carbons (Fsp3) is 0.647. The molecule has 0 radical (unpaired) electrons. The third-order valence-corrected chi connectivity index (χ3v) is 3.97. The number of aryl methyl sites for hydroxylation is 1. The molecule has 0 saturated carbocycles. The van der Waals surface area contributed by atoms with Gasteiger partial charge in [-0.2, -0.15) is 0 Å². The highest BCUT2D eigenvalue weighted by Gasteiger charge is 2.35. The first-order valence-electron chi connectivity index (χ1n) is 8.26. The summed E-state index contributed by atoms with van der Waals surface area (Å²) in [6.07, 6.45) is 1.56. The number of aromatic nitrogens is 2. The molecule has 1 aromatic heterocycles. The number of amides is 2. The van der Waals surface area contributed by atoms with Crippen LogP contribution in [0.3, 0.4) is 0 Å². The molecule has 1 aliphatic rings. The van der Waals surface area contributed by atoms with Gasteiger partial charge in [0.15, 0.2) is 0 Å². The van der Waals surface area contributed by atoms with E-state index in [2.05, 4.69) is 15.3 Å². The predicted molar refractivity (Wildman–Crippen MR) is 89.1 cm³/mol. The van der Waals surface area contributed by atoms with E-state index < -0.39 is 6.04 Å². The maximum absolute atomic E-state index is 12.6. The molecular formula is C17H26N4O2. The predicted octanol–water partition coefficient (Wildman–Crippen LogP) is 2.49. The lowest BCUT2D eigenvalue weighted by molar-refractivity contribution is -0.139. The van der Waals surface area contributed by atoms with Gasteiger partial charge in [-0.25, -0.2) is 9.97 Å². The van der Waals surface area contributed by atoms with E-state index in [1.807, 2.05) is 34.6 Å². The number of nitrogens with one attached hydrogen (secondary N) is 1. The summed E-state index contributed by atoms with van der Waals surface area (Å²) in [4.78, 5) is 35.3. The molecule has 0 spiro atoms. The molecule has 1 aromatic rings. The van der Waals surface area contributed by atoms with Crippen molar-refractivity contribution in [2.45, 2.75) is 59.4 Å². The molecule has 126 valence electrons. The molecular weight excluding hydrogens is 292 g/mol. The minimum Gasteiger partial charge on any atom is -0.330 e. The Hall–Kier alpha value is -1.98. The Morgan fingerprint density at radius 3 is 2.57 bits per heavy atom. The molecule has 0 bridgehead atoms. The minimum absolute atomic E-state index is 0.0318. The van der Waals surface area contributed by atoms with Gasteiger partial charge in [0, 0.05) is 30.1 Å². The van der Waals surface area contributed by atoms with E-state index in [4.69, 9.17) is 0 Å². The second-order valence-corrected chi connectivity index (χ2v) is 6.74. The van der Waals surface area contributed by atoms with Crippen molar-refractivity contribution in [3.63, 3.8) is 0 Å². The molecule has 1 saturated heterocycles. The fourth-order valence-electron chi connectivity index (χ4n) is 2.76. The average molecular weight is 318 g/mol. The Bertz CT molecular complexity index is 598. The zero-order chi connectivity index (χ0) is 17.1. The topological polar surface area (TPSA) is 75.2 Å². The van der Waals surface area contributed by atoms with Gasteiger partial charge in [-0.1, -0.05) is 27.7 Å². The molecule has 1 fully saturated rings. The highest BCUT2D eigenvalue weighted by molar-refractivity contribution is 5.97. The molecule has 2 heterocycles. The standard InChI is InChI=1S/C17H26N4O2/c1-10(2)15-18-12(5)9-14(19-15)20-16(22)13-7-6-8-21(13)17(23)11(3)4/h9-11,13H,6-8H2,1-5H3,(H,18,19,20,22)/t13-/m0/s1. The summed E-state index contributed by atoms with van der Waals surface area (Å²) in [6, 6.07) is 1.36. The van der Waals surface area contributed by atoms with Gasteiger partial charge in [0.2, 0.25) is 11.8 Å². The maximum atomic E-state index is 12.6. The van der Waals surface area contributed by atoms with Crippen molar-refractivity contribution in [3.8, 4) is 0 Å². The van der Waals surface area contributed by atoms with E-state index in [9.17, 15) is 9.59 Å². The summed E-state index contributed by atoms with van der Waals surface area (Å²) in [6.45, 7) is 10.3. The Kier molecular flexibility index (Phi) is 5.34. The van der Waals surface area contributed by atoms with Crippen LogP contribution >= 0.6 is 0 Å². The van der Waals surface area contributed by atoms with E-state index in [1.54, 1.807) is 11.0 Å². The molecule has 0 aliphatic carbocycles. The molecule has 1 atom stereocenters. The van der Waals surface area contributed by atoms with Crippen LogP contribution in [0.25, 0.3) is 0 Å². The van der Waals surface area contributed by atoms with Crippen LogP contribution in [-0.4, -0.2) is 39.3 Å². The van der Waals surface area contributed by atoms with Crippen molar-refractivity contribution in [3.05, 3.63) is 17.6 Å². The van der Waals surface area contributed by atoms with Crippen LogP contribution in [0.4, 0.5) is 5.82 Å². The van der Waals surface area contributed by atoms with Crippen molar-refractivity contribution in [2.24, 2.45) is 5.92 Å². The van der Waals surface area contributed by atoms with E-state index >= 15 is 0 Å². The van der Waals surface area contributed by atoms with Gasteiger partial charge >= 0.3 is 0 Å². The first-order valence-corrected chi connectivity index (χ1v) is 8.26.